The van der Waals surface area contributed by atoms with Gasteiger partial charge < -0.3 is 16.8 Å². The van der Waals surface area contributed by atoms with Gasteiger partial charge in [-0.15, -0.1) is 11.3 Å². The van der Waals surface area contributed by atoms with Crippen molar-refractivity contribution < 1.29 is 0 Å². The minimum Gasteiger partial charge on any atom is -0.383 e. The number of aromatic nitrogens is 3. The molecular formula is C14H14N6S. The summed E-state index contributed by atoms with van der Waals surface area (Å²) < 4.78 is 1.09. The molecule has 7 heteroatoms. The van der Waals surface area contributed by atoms with Crippen LogP contribution in [0.25, 0.3) is 16.3 Å². The topological polar surface area (TPSA) is 103 Å². The second-order valence-electron chi connectivity index (χ2n) is 4.39. The molecule has 0 aliphatic heterocycles. The Kier molecular flexibility index (Phi) is 3.41. The van der Waals surface area contributed by atoms with Gasteiger partial charge in [-0.2, -0.15) is 9.97 Å². The van der Waals surface area contributed by atoms with Crippen LogP contribution >= 0.6 is 11.3 Å². The molecule has 0 aliphatic rings. The van der Waals surface area contributed by atoms with Gasteiger partial charge in [0, 0.05) is 5.69 Å². The first-order chi connectivity index (χ1) is 10.2. The van der Waals surface area contributed by atoms with Crippen LogP contribution in [-0.4, -0.2) is 15.0 Å². The van der Waals surface area contributed by atoms with E-state index in [1.807, 2.05) is 36.7 Å². The summed E-state index contributed by atoms with van der Waals surface area (Å²) in [6.45, 7) is 1.88. The van der Waals surface area contributed by atoms with Gasteiger partial charge in [-0.3, -0.25) is 0 Å². The van der Waals surface area contributed by atoms with E-state index in [0.717, 1.165) is 15.9 Å². The second kappa shape index (κ2) is 5.37. The van der Waals surface area contributed by atoms with E-state index in [0.29, 0.717) is 23.1 Å². The first-order valence-electron chi connectivity index (χ1n) is 6.33. The van der Waals surface area contributed by atoms with Crippen molar-refractivity contribution in [1.82, 2.24) is 15.0 Å². The van der Waals surface area contributed by atoms with Gasteiger partial charge >= 0.3 is 0 Å². The molecule has 0 atom stereocenters. The van der Waals surface area contributed by atoms with Gasteiger partial charge in [0.15, 0.2) is 0 Å². The van der Waals surface area contributed by atoms with Crippen LogP contribution in [0.3, 0.4) is 0 Å². The largest absolute Gasteiger partial charge is 0.383 e. The number of anilines is 4. The highest BCUT2D eigenvalue weighted by atomic mass is 32.1. The Morgan fingerprint density at radius 2 is 1.95 bits per heavy atom. The first-order valence-corrected chi connectivity index (χ1v) is 7.21. The van der Waals surface area contributed by atoms with Gasteiger partial charge in [-0.1, -0.05) is 12.2 Å². The molecule has 0 radical (unpaired) electrons. The van der Waals surface area contributed by atoms with E-state index in [1.165, 1.54) is 0 Å². The van der Waals surface area contributed by atoms with Gasteiger partial charge in [0.25, 0.3) is 0 Å². The van der Waals surface area contributed by atoms with E-state index in [-0.39, 0.29) is 0 Å². The smallest absolute Gasteiger partial charge is 0.231 e. The van der Waals surface area contributed by atoms with Gasteiger partial charge in [0.1, 0.15) is 11.6 Å². The van der Waals surface area contributed by atoms with Crippen molar-refractivity contribution >= 4 is 50.9 Å². The van der Waals surface area contributed by atoms with Crippen LogP contribution in [-0.2, 0) is 0 Å². The molecule has 3 aromatic rings. The quantitative estimate of drug-likeness (QED) is 0.686. The summed E-state index contributed by atoms with van der Waals surface area (Å²) in [4.78, 5) is 12.7. The number of nitrogens with two attached hydrogens (primary N) is 2. The summed E-state index contributed by atoms with van der Waals surface area (Å²) >= 11 is 1.58. The standard InChI is InChI=1S/C14H14N6S/c1-2-3-9-12(15)19-14(20-13(9)16)18-8-4-5-10-11(6-8)21-7-17-10/h2-7H,1H3,(H5,15,16,18,19,20)/b3-2-. The number of hydrogen-bond donors (Lipinski definition) is 3. The Morgan fingerprint density at radius 1 is 1.19 bits per heavy atom. The third kappa shape index (κ3) is 2.63. The van der Waals surface area contributed by atoms with E-state index in [9.17, 15) is 0 Å². The van der Waals surface area contributed by atoms with Crippen molar-refractivity contribution in [2.24, 2.45) is 0 Å². The number of allylic oxidation sites excluding steroid dienone is 1. The molecule has 5 N–H and O–H groups in total. The van der Waals surface area contributed by atoms with Gasteiger partial charge in [0.05, 0.1) is 21.3 Å². The van der Waals surface area contributed by atoms with Crippen molar-refractivity contribution in [2.45, 2.75) is 6.92 Å². The number of nitrogens with zero attached hydrogens (tertiary/aromatic N) is 3. The first kappa shape index (κ1) is 13.3. The summed E-state index contributed by atoms with van der Waals surface area (Å²) in [5.74, 6) is 1.08. The lowest BCUT2D eigenvalue weighted by Gasteiger charge is -2.09. The van der Waals surface area contributed by atoms with Crippen LogP contribution in [0.4, 0.5) is 23.3 Å². The fourth-order valence-electron chi connectivity index (χ4n) is 1.96. The molecule has 6 nitrogen and oxygen atoms in total. The normalized spacial score (nSPS) is 11.3. The molecule has 0 fully saturated rings. The summed E-state index contributed by atoms with van der Waals surface area (Å²) in [5, 5.41) is 3.11. The van der Waals surface area contributed by atoms with Gasteiger partial charge in [-0.25, -0.2) is 4.98 Å². The lowest BCUT2D eigenvalue weighted by molar-refractivity contribution is 1.17. The van der Waals surface area contributed by atoms with E-state index in [1.54, 1.807) is 17.4 Å². The molecule has 21 heavy (non-hydrogen) atoms. The number of fused-ring (bicyclic) bond motifs is 1. The predicted octanol–water partition coefficient (Wildman–Crippen LogP) is 3.03. The van der Waals surface area contributed by atoms with Crippen LogP contribution in [0.15, 0.2) is 29.8 Å². The van der Waals surface area contributed by atoms with Crippen LogP contribution in [0.1, 0.15) is 12.5 Å². The number of nitrogen functional groups attached to an aromatic ring is 2. The number of thiazole rings is 1. The molecule has 3 rings (SSSR count). The van der Waals surface area contributed by atoms with Crippen molar-refractivity contribution in [3.05, 3.63) is 35.3 Å². The van der Waals surface area contributed by atoms with Crippen LogP contribution < -0.4 is 16.8 Å². The van der Waals surface area contributed by atoms with Crippen LogP contribution in [0.2, 0.25) is 0 Å². The zero-order valence-electron chi connectivity index (χ0n) is 11.4. The average Bonchev–Trinajstić information content (AvgIpc) is 2.90. The van der Waals surface area contributed by atoms with Crippen LogP contribution in [0.5, 0.6) is 0 Å². The van der Waals surface area contributed by atoms with Crippen molar-refractivity contribution in [3.8, 4) is 0 Å². The van der Waals surface area contributed by atoms with E-state index < -0.39 is 0 Å². The molecule has 2 aromatic heterocycles. The number of benzene rings is 1. The molecule has 106 valence electrons. The molecule has 0 spiro atoms. The molecule has 0 bridgehead atoms. The fraction of sp³-hybridized carbons (Fsp3) is 0.0714. The summed E-state index contributed by atoms with van der Waals surface area (Å²) in [7, 11) is 0. The van der Waals surface area contributed by atoms with E-state index >= 15 is 0 Å². The van der Waals surface area contributed by atoms with E-state index in [4.69, 9.17) is 11.5 Å². The molecule has 0 unspecified atom stereocenters. The minimum absolute atomic E-state index is 0.349. The highest BCUT2D eigenvalue weighted by molar-refractivity contribution is 7.16. The summed E-state index contributed by atoms with van der Waals surface area (Å²) in [6, 6.07) is 5.84. The lowest BCUT2D eigenvalue weighted by Crippen LogP contribution is -2.06. The Hall–Kier alpha value is -2.67. The maximum atomic E-state index is 5.91. The number of nitrogens with one attached hydrogen (secondary N) is 1. The Bertz CT molecular complexity index is 800. The van der Waals surface area contributed by atoms with Crippen molar-refractivity contribution in [1.29, 1.82) is 0 Å². The highest BCUT2D eigenvalue weighted by Crippen LogP contribution is 2.25. The lowest BCUT2D eigenvalue weighted by atomic mass is 10.2. The monoisotopic (exact) mass is 298 g/mol. The molecular weight excluding hydrogens is 284 g/mol. The van der Waals surface area contributed by atoms with Crippen molar-refractivity contribution in [2.75, 3.05) is 16.8 Å². The number of rotatable bonds is 3. The molecule has 0 amide bonds. The summed E-state index contributed by atoms with van der Waals surface area (Å²) in [5.41, 5.74) is 16.1. The maximum Gasteiger partial charge on any atom is 0.231 e. The average molecular weight is 298 g/mol. The third-order valence-electron chi connectivity index (χ3n) is 2.93. The van der Waals surface area contributed by atoms with Gasteiger partial charge in [-0.05, 0) is 25.1 Å². The number of hydrogen-bond acceptors (Lipinski definition) is 7. The predicted molar refractivity (Wildman–Crippen MR) is 88.5 cm³/mol. The third-order valence-corrected chi connectivity index (χ3v) is 3.72. The van der Waals surface area contributed by atoms with Crippen LogP contribution in [0, 0.1) is 0 Å². The highest BCUT2D eigenvalue weighted by Gasteiger charge is 2.08. The second-order valence-corrected chi connectivity index (χ2v) is 5.28. The SMILES string of the molecule is C/C=C\c1c(N)nc(Nc2ccc3ncsc3c2)nc1N. The molecule has 0 saturated heterocycles. The molecule has 2 heterocycles. The van der Waals surface area contributed by atoms with E-state index in [2.05, 4.69) is 20.3 Å². The molecule has 1 aromatic carbocycles. The Morgan fingerprint density at radius 3 is 2.67 bits per heavy atom. The summed E-state index contributed by atoms with van der Waals surface area (Å²) in [6.07, 6.45) is 3.63. The molecule has 0 aliphatic carbocycles. The maximum absolute atomic E-state index is 5.91. The Balaban J connectivity index is 1.94. The zero-order chi connectivity index (χ0) is 14.8. The fourth-order valence-corrected chi connectivity index (χ4v) is 2.68. The van der Waals surface area contributed by atoms with Gasteiger partial charge in [0.2, 0.25) is 5.95 Å². The zero-order valence-corrected chi connectivity index (χ0v) is 12.2. The Labute approximate surface area is 125 Å². The minimum atomic E-state index is 0.349. The molecule has 0 saturated carbocycles. The van der Waals surface area contributed by atoms with Crippen molar-refractivity contribution in [3.63, 3.8) is 0 Å².